The molecule has 0 aliphatic rings. The number of hydrogen-bond acceptors (Lipinski definition) is 2. The van der Waals surface area contributed by atoms with E-state index in [1.807, 2.05) is 12.1 Å². The molecule has 1 atom stereocenters. The number of rotatable bonds is 3. The maximum absolute atomic E-state index is 9.38. The lowest BCUT2D eigenvalue weighted by Gasteiger charge is -2.05. The minimum absolute atomic E-state index is 0.490. The van der Waals surface area contributed by atoms with Crippen LogP contribution in [0.25, 0.3) is 0 Å². The third-order valence-corrected chi connectivity index (χ3v) is 2.36. The van der Waals surface area contributed by atoms with E-state index in [1.165, 1.54) is 5.56 Å². The van der Waals surface area contributed by atoms with Gasteiger partial charge in [0.05, 0.1) is 5.69 Å². The van der Waals surface area contributed by atoms with Crippen molar-refractivity contribution in [2.45, 2.75) is 19.4 Å². The van der Waals surface area contributed by atoms with Crippen LogP contribution in [0.3, 0.4) is 0 Å². The summed E-state index contributed by atoms with van der Waals surface area (Å²) in [7, 11) is 0. The summed E-state index contributed by atoms with van der Waals surface area (Å²) in [6.45, 7) is 2.08. The van der Waals surface area contributed by atoms with Crippen molar-refractivity contribution >= 4 is 15.9 Å². The van der Waals surface area contributed by atoms with Crippen LogP contribution in [-0.4, -0.2) is 15.4 Å². The summed E-state index contributed by atoms with van der Waals surface area (Å²) in [6.07, 6.45) is 2.30. The van der Waals surface area contributed by atoms with Gasteiger partial charge in [-0.15, -0.1) is 0 Å². The normalized spacial score (nSPS) is 12.9. The third kappa shape index (κ3) is 2.29. The molecule has 1 rings (SSSR count). The van der Waals surface area contributed by atoms with E-state index >= 15 is 0 Å². The number of pyridine rings is 1. The van der Waals surface area contributed by atoms with E-state index in [0.29, 0.717) is 5.33 Å². The third-order valence-electron chi connectivity index (χ3n) is 1.74. The van der Waals surface area contributed by atoms with Crippen molar-refractivity contribution in [1.29, 1.82) is 0 Å². The number of aromatic nitrogens is 1. The number of halogens is 1. The van der Waals surface area contributed by atoms with E-state index in [0.717, 1.165) is 12.1 Å². The maximum atomic E-state index is 9.38. The van der Waals surface area contributed by atoms with Crippen molar-refractivity contribution in [3.8, 4) is 0 Å². The predicted octanol–water partition coefficient (Wildman–Crippen LogP) is 2.07. The van der Waals surface area contributed by atoms with Gasteiger partial charge in [-0.3, -0.25) is 4.98 Å². The van der Waals surface area contributed by atoms with Crippen LogP contribution in [0.1, 0.15) is 24.3 Å². The van der Waals surface area contributed by atoms with Gasteiger partial charge in [0.1, 0.15) is 6.10 Å². The number of alkyl halides is 1. The Morgan fingerprint density at radius 1 is 1.58 bits per heavy atom. The number of nitrogens with zero attached hydrogens (tertiary/aromatic N) is 1. The van der Waals surface area contributed by atoms with E-state index < -0.39 is 6.10 Å². The number of aryl methyl sites for hydroxylation is 1. The van der Waals surface area contributed by atoms with Gasteiger partial charge in [0.25, 0.3) is 0 Å². The number of aliphatic hydroxyl groups is 1. The molecule has 1 N–H and O–H groups in total. The van der Waals surface area contributed by atoms with Crippen LogP contribution >= 0.6 is 15.9 Å². The predicted molar refractivity (Wildman–Crippen MR) is 52.4 cm³/mol. The molecule has 12 heavy (non-hydrogen) atoms. The Morgan fingerprint density at radius 3 is 2.75 bits per heavy atom. The fraction of sp³-hybridized carbons (Fsp3) is 0.444. The zero-order chi connectivity index (χ0) is 8.97. The zero-order valence-corrected chi connectivity index (χ0v) is 8.58. The largest absolute Gasteiger partial charge is 0.386 e. The SMILES string of the molecule is CCc1ccc([C@@H](O)CBr)nc1. The van der Waals surface area contributed by atoms with Crippen LogP contribution in [0, 0.1) is 0 Å². The molecule has 3 heteroatoms. The summed E-state index contributed by atoms with van der Waals surface area (Å²) in [5.74, 6) is 0. The Morgan fingerprint density at radius 2 is 2.33 bits per heavy atom. The molecule has 1 aromatic rings. The lowest BCUT2D eigenvalue weighted by molar-refractivity contribution is 0.200. The molecule has 0 amide bonds. The van der Waals surface area contributed by atoms with Crippen molar-refractivity contribution in [3.63, 3.8) is 0 Å². The van der Waals surface area contributed by atoms with Gasteiger partial charge < -0.3 is 5.11 Å². The highest BCUT2D eigenvalue weighted by Crippen LogP contribution is 2.12. The summed E-state index contributed by atoms with van der Waals surface area (Å²) in [5, 5.41) is 9.92. The lowest BCUT2D eigenvalue weighted by atomic mass is 10.2. The first-order chi connectivity index (χ1) is 5.77. The monoisotopic (exact) mass is 229 g/mol. The van der Waals surface area contributed by atoms with Crippen LogP contribution in [0.5, 0.6) is 0 Å². The van der Waals surface area contributed by atoms with Gasteiger partial charge >= 0.3 is 0 Å². The molecule has 1 heterocycles. The molecule has 0 radical (unpaired) electrons. The van der Waals surface area contributed by atoms with Crippen LogP contribution in [0.15, 0.2) is 18.3 Å². The molecule has 0 saturated heterocycles. The van der Waals surface area contributed by atoms with Crippen LogP contribution in [0.4, 0.5) is 0 Å². The minimum atomic E-state index is -0.490. The molecule has 2 nitrogen and oxygen atoms in total. The molecule has 0 bridgehead atoms. The van der Waals surface area contributed by atoms with E-state index in [-0.39, 0.29) is 0 Å². The maximum Gasteiger partial charge on any atom is 0.106 e. The minimum Gasteiger partial charge on any atom is -0.386 e. The van der Waals surface area contributed by atoms with Gasteiger partial charge in [0.15, 0.2) is 0 Å². The Hall–Kier alpha value is -0.410. The molecule has 0 unspecified atom stereocenters. The van der Waals surface area contributed by atoms with Crippen molar-refractivity contribution in [3.05, 3.63) is 29.6 Å². The second-order valence-electron chi connectivity index (χ2n) is 2.61. The number of hydrogen-bond donors (Lipinski definition) is 1. The molecular weight excluding hydrogens is 218 g/mol. The highest BCUT2D eigenvalue weighted by Gasteiger charge is 2.05. The molecular formula is C9H12BrNO. The Balaban J connectivity index is 2.77. The van der Waals surface area contributed by atoms with E-state index in [4.69, 9.17) is 0 Å². The fourth-order valence-electron chi connectivity index (χ4n) is 0.921. The summed E-state index contributed by atoms with van der Waals surface area (Å²) >= 11 is 3.20. The van der Waals surface area contributed by atoms with Crippen molar-refractivity contribution in [2.75, 3.05) is 5.33 Å². The summed E-state index contributed by atoms with van der Waals surface area (Å²) in [6, 6.07) is 3.86. The Bertz CT molecular complexity index is 235. The van der Waals surface area contributed by atoms with Crippen molar-refractivity contribution in [2.24, 2.45) is 0 Å². The first kappa shape index (κ1) is 9.68. The average molecular weight is 230 g/mol. The van der Waals surface area contributed by atoms with Gasteiger partial charge in [0.2, 0.25) is 0 Å². The standard InChI is InChI=1S/C9H12BrNO/c1-2-7-3-4-8(11-6-7)9(12)5-10/h3-4,6,9,12H,2,5H2,1H3/t9-/m0/s1. The highest BCUT2D eigenvalue weighted by atomic mass is 79.9. The second-order valence-corrected chi connectivity index (χ2v) is 3.26. The smallest absolute Gasteiger partial charge is 0.106 e. The summed E-state index contributed by atoms with van der Waals surface area (Å²) in [4.78, 5) is 4.14. The second kappa shape index (κ2) is 4.58. The molecule has 66 valence electrons. The van der Waals surface area contributed by atoms with Crippen LogP contribution < -0.4 is 0 Å². The number of aliphatic hydroxyl groups excluding tert-OH is 1. The lowest BCUT2D eigenvalue weighted by Crippen LogP contribution is -2.01. The first-order valence-electron chi connectivity index (χ1n) is 3.96. The van der Waals surface area contributed by atoms with E-state index in [9.17, 15) is 5.11 Å². The molecule has 0 spiro atoms. The topological polar surface area (TPSA) is 33.1 Å². The fourth-order valence-corrected chi connectivity index (χ4v) is 1.25. The van der Waals surface area contributed by atoms with Gasteiger partial charge in [0, 0.05) is 11.5 Å². The Kier molecular flexibility index (Phi) is 3.69. The quantitative estimate of drug-likeness (QED) is 0.806. The Labute approximate surface area is 80.8 Å². The molecule has 0 aliphatic heterocycles. The summed E-state index contributed by atoms with van der Waals surface area (Å²) < 4.78 is 0. The van der Waals surface area contributed by atoms with Gasteiger partial charge in [-0.1, -0.05) is 28.9 Å². The van der Waals surface area contributed by atoms with Gasteiger partial charge in [-0.05, 0) is 18.1 Å². The van der Waals surface area contributed by atoms with Crippen LogP contribution in [-0.2, 0) is 6.42 Å². The van der Waals surface area contributed by atoms with E-state index in [2.05, 4.69) is 27.8 Å². The molecule has 1 aromatic heterocycles. The zero-order valence-electron chi connectivity index (χ0n) is 7.00. The van der Waals surface area contributed by atoms with Crippen LogP contribution in [0.2, 0.25) is 0 Å². The highest BCUT2D eigenvalue weighted by molar-refractivity contribution is 9.09. The molecule has 0 fully saturated rings. The van der Waals surface area contributed by atoms with Gasteiger partial charge in [-0.25, -0.2) is 0 Å². The van der Waals surface area contributed by atoms with Crippen molar-refractivity contribution < 1.29 is 5.11 Å². The van der Waals surface area contributed by atoms with E-state index in [1.54, 1.807) is 6.20 Å². The van der Waals surface area contributed by atoms with Crippen molar-refractivity contribution in [1.82, 2.24) is 4.98 Å². The molecule has 0 aromatic carbocycles. The molecule has 0 saturated carbocycles. The first-order valence-corrected chi connectivity index (χ1v) is 5.09. The average Bonchev–Trinajstić information content (AvgIpc) is 2.17. The molecule has 0 aliphatic carbocycles. The van der Waals surface area contributed by atoms with Gasteiger partial charge in [-0.2, -0.15) is 0 Å². The summed E-state index contributed by atoms with van der Waals surface area (Å²) in [5.41, 5.74) is 1.92.